The van der Waals surface area contributed by atoms with Gasteiger partial charge in [-0.25, -0.2) is 0 Å². The first kappa shape index (κ1) is 21.0. The van der Waals surface area contributed by atoms with Crippen molar-refractivity contribution in [3.05, 3.63) is 33.8 Å². The molecule has 2 N–H and O–H groups in total. The van der Waals surface area contributed by atoms with Gasteiger partial charge in [-0.2, -0.15) is 0 Å². The molecule has 2 rings (SSSR count). The lowest BCUT2D eigenvalue weighted by molar-refractivity contribution is -0.134. The summed E-state index contributed by atoms with van der Waals surface area (Å²) in [5.74, 6) is -0.214. The Morgan fingerprint density at radius 3 is 2.58 bits per heavy atom. The van der Waals surface area contributed by atoms with Gasteiger partial charge in [0.25, 0.3) is 0 Å². The highest BCUT2D eigenvalue weighted by Crippen LogP contribution is 2.26. The van der Waals surface area contributed by atoms with E-state index in [4.69, 9.17) is 23.2 Å². The molecule has 0 aliphatic carbocycles. The van der Waals surface area contributed by atoms with Gasteiger partial charge in [0.15, 0.2) is 0 Å². The molecule has 144 valence electrons. The first-order valence-electron chi connectivity index (χ1n) is 8.65. The third-order valence-corrected chi connectivity index (χ3v) is 5.00. The number of aliphatic hydroxyl groups is 1. The quantitative estimate of drug-likeness (QED) is 0.765. The molecule has 1 aromatic rings. The van der Waals surface area contributed by atoms with E-state index in [-0.39, 0.29) is 37.0 Å². The second-order valence-corrected chi connectivity index (χ2v) is 7.58. The second-order valence-electron chi connectivity index (χ2n) is 6.74. The van der Waals surface area contributed by atoms with E-state index in [2.05, 4.69) is 5.32 Å². The lowest BCUT2D eigenvalue weighted by atomic mass is 10.1. The van der Waals surface area contributed by atoms with Crippen molar-refractivity contribution in [1.82, 2.24) is 15.1 Å². The van der Waals surface area contributed by atoms with Gasteiger partial charge in [0.1, 0.15) is 0 Å². The van der Waals surface area contributed by atoms with Crippen LogP contribution in [0.4, 0.5) is 0 Å². The Morgan fingerprint density at radius 2 is 1.96 bits per heavy atom. The number of rotatable bonds is 6. The molecule has 0 aromatic heterocycles. The number of hydrogen-bond donors (Lipinski definition) is 2. The number of amides is 2. The van der Waals surface area contributed by atoms with E-state index in [9.17, 15) is 14.7 Å². The molecule has 1 atom stereocenters. The van der Waals surface area contributed by atoms with Crippen LogP contribution < -0.4 is 5.32 Å². The fourth-order valence-electron chi connectivity index (χ4n) is 2.96. The highest BCUT2D eigenvalue weighted by atomic mass is 35.5. The van der Waals surface area contributed by atoms with Crippen molar-refractivity contribution < 1.29 is 14.7 Å². The molecule has 1 unspecified atom stereocenters. The van der Waals surface area contributed by atoms with Crippen molar-refractivity contribution in [3.8, 4) is 0 Å². The molecule has 26 heavy (non-hydrogen) atoms. The number of aliphatic hydroxyl groups excluding tert-OH is 1. The Labute approximate surface area is 164 Å². The van der Waals surface area contributed by atoms with Crippen LogP contribution in [0.2, 0.25) is 10.0 Å². The number of benzene rings is 1. The molecule has 2 amide bonds. The van der Waals surface area contributed by atoms with Crippen LogP contribution in [0.1, 0.15) is 31.4 Å². The number of halogens is 2. The summed E-state index contributed by atoms with van der Waals surface area (Å²) in [4.78, 5) is 27.9. The lowest BCUT2D eigenvalue weighted by Crippen LogP contribution is -2.46. The molecule has 8 heteroatoms. The molecule has 1 aliphatic rings. The fourth-order valence-corrected chi connectivity index (χ4v) is 3.54. The summed E-state index contributed by atoms with van der Waals surface area (Å²) >= 11 is 12.1. The van der Waals surface area contributed by atoms with Gasteiger partial charge in [-0.05, 0) is 44.5 Å². The van der Waals surface area contributed by atoms with Crippen molar-refractivity contribution in [2.24, 2.45) is 0 Å². The van der Waals surface area contributed by atoms with Gasteiger partial charge in [-0.1, -0.05) is 29.3 Å². The van der Waals surface area contributed by atoms with E-state index in [1.165, 1.54) is 0 Å². The summed E-state index contributed by atoms with van der Waals surface area (Å²) in [6.07, 6.45) is 0.897. The van der Waals surface area contributed by atoms with Gasteiger partial charge in [0.05, 0.1) is 25.2 Å². The van der Waals surface area contributed by atoms with E-state index in [1.54, 1.807) is 35.0 Å². The summed E-state index contributed by atoms with van der Waals surface area (Å²) in [6, 6.07) is 4.89. The molecule has 6 nitrogen and oxygen atoms in total. The number of likely N-dealkylation sites (tertiary alicyclic amines) is 1. The maximum atomic E-state index is 12.3. The Morgan fingerprint density at radius 1 is 1.31 bits per heavy atom. The minimum atomic E-state index is -0.316. The van der Waals surface area contributed by atoms with Gasteiger partial charge >= 0.3 is 0 Å². The van der Waals surface area contributed by atoms with E-state index in [0.29, 0.717) is 36.0 Å². The largest absolute Gasteiger partial charge is 0.393 e. The monoisotopic (exact) mass is 401 g/mol. The topological polar surface area (TPSA) is 72.9 Å². The number of hydrogen-bond acceptors (Lipinski definition) is 4. The first-order chi connectivity index (χ1) is 12.3. The molecular formula is C18H25Cl2N3O3. The SMILES string of the molecule is CC(NC(=O)CN(C)CC(=O)N1CCC(O)CC1)c1ccc(Cl)cc1Cl. The molecule has 0 saturated carbocycles. The minimum absolute atomic E-state index is 0.0269. The Bertz CT molecular complexity index is 649. The third-order valence-electron chi connectivity index (χ3n) is 4.44. The van der Waals surface area contributed by atoms with Gasteiger partial charge in [0.2, 0.25) is 11.8 Å². The summed E-state index contributed by atoms with van der Waals surface area (Å²) < 4.78 is 0. The highest BCUT2D eigenvalue weighted by molar-refractivity contribution is 6.35. The van der Waals surface area contributed by atoms with E-state index < -0.39 is 0 Å². The van der Waals surface area contributed by atoms with Crippen LogP contribution in [0.25, 0.3) is 0 Å². The van der Waals surface area contributed by atoms with Crippen molar-refractivity contribution in [3.63, 3.8) is 0 Å². The second kappa shape index (κ2) is 9.55. The first-order valence-corrected chi connectivity index (χ1v) is 9.40. The van der Waals surface area contributed by atoms with Crippen LogP contribution in [0.15, 0.2) is 18.2 Å². The lowest BCUT2D eigenvalue weighted by Gasteiger charge is -2.31. The van der Waals surface area contributed by atoms with E-state index >= 15 is 0 Å². The average Bonchev–Trinajstić information content (AvgIpc) is 2.54. The molecule has 1 aliphatic heterocycles. The van der Waals surface area contributed by atoms with Crippen LogP contribution >= 0.6 is 23.2 Å². The zero-order valence-electron chi connectivity index (χ0n) is 15.0. The number of carbonyl (C=O) groups excluding carboxylic acids is 2. The van der Waals surface area contributed by atoms with E-state index in [1.807, 2.05) is 6.92 Å². The number of carbonyl (C=O) groups is 2. The fraction of sp³-hybridized carbons (Fsp3) is 0.556. The third kappa shape index (κ3) is 6.13. The summed E-state index contributed by atoms with van der Waals surface area (Å²) in [6.45, 7) is 3.24. The highest BCUT2D eigenvalue weighted by Gasteiger charge is 2.23. The van der Waals surface area contributed by atoms with Crippen LogP contribution in [0, 0.1) is 0 Å². The van der Waals surface area contributed by atoms with Crippen molar-refractivity contribution in [2.45, 2.75) is 31.9 Å². The smallest absolute Gasteiger partial charge is 0.236 e. The van der Waals surface area contributed by atoms with Crippen molar-refractivity contribution >= 4 is 35.0 Å². The molecule has 0 bridgehead atoms. The summed E-state index contributed by atoms with van der Waals surface area (Å²) in [5, 5.41) is 13.4. The Kier molecular flexibility index (Phi) is 7.70. The summed E-state index contributed by atoms with van der Waals surface area (Å²) in [7, 11) is 1.73. The maximum absolute atomic E-state index is 12.3. The predicted molar refractivity (Wildman–Crippen MR) is 102 cm³/mol. The van der Waals surface area contributed by atoms with Gasteiger partial charge < -0.3 is 15.3 Å². The van der Waals surface area contributed by atoms with Gasteiger partial charge in [-0.15, -0.1) is 0 Å². The number of nitrogens with one attached hydrogen (secondary N) is 1. The zero-order chi connectivity index (χ0) is 19.3. The van der Waals surface area contributed by atoms with Crippen LogP contribution in [-0.2, 0) is 9.59 Å². The van der Waals surface area contributed by atoms with Crippen molar-refractivity contribution in [1.29, 1.82) is 0 Å². The molecule has 1 fully saturated rings. The minimum Gasteiger partial charge on any atom is -0.393 e. The van der Waals surface area contributed by atoms with Crippen LogP contribution in [0.5, 0.6) is 0 Å². The van der Waals surface area contributed by atoms with Crippen molar-refractivity contribution in [2.75, 3.05) is 33.2 Å². The normalized spacial score (nSPS) is 16.6. The molecular weight excluding hydrogens is 377 g/mol. The van der Waals surface area contributed by atoms with Crippen LogP contribution in [0.3, 0.4) is 0 Å². The molecule has 1 saturated heterocycles. The van der Waals surface area contributed by atoms with Gasteiger partial charge in [-0.3, -0.25) is 14.5 Å². The molecule has 1 heterocycles. The number of likely N-dealkylation sites (N-methyl/N-ethyl adjacent to an activating group) is 1. The number of nitrogens with zero attached hydrogens (tertiary/aromatic N) is 2. The predicted octanol–water partition coefficient (Wildman–Crippen LogP) is 2.09. The van der Waals surface area contributed by atoms with E-state index in [0.717, 1.165) is 5.56 Å². The molecule has 0 radical (unpaired) electrons. The Hall–Kier alpha value is -1.34. The standard InChI is InChI=1S/C18H25Cl2N3O3/c1-12(15-4-3-13(19)9-16(15)20)21-17(25)10-22(2)11-18(26)23-7-5-14(24)6-8-23/h3-4,9,12,14,24H,5-8,10-11H2,1-2H3,(H,21,25). The Balaban J connectivity index is 1.80. The number of piperidine rings is 1. The summed E-state index contributed by atoms with van der Waals surface area (Å²) in [5.41, 5.74) is 0.787. The van der Waals surface area contributed by atoms with Gasteiger partial charge in [0, 0.05) is 23.1 Å². The average molecular weight is 402 g/mol. The zero-order valence-corrected chi connectivity index (χ0v) is 16.6. The maximum Gasteiger partial charge on any atom is 0.236 e. The molecule has 1 aromatic carbocycles. The molecule has 0 spiro atoms. The van der Waals surface area contributed by atoms with Crippen LogP contribution in [-0.4, -0.2) is 66.1 Å².